The summed E-state index contributed by atoms with van der Waals surface area (Å²) in [4.78, 5) is 12.0. The van der Waals surface area contributed by atoms with E-state index in [2.05, 4.69) is 48.7 Å². The van der Waals surface area contributed by atoms with Crippen LogP contribution < -0.4 is 10.6 Å². The van der Waals surface area contributed by atoms with E-state index < -0.39 is 0 Å². The Kier molecular flexibility index (Phi) is 6.24. The maximum atomic E-state index is 12.0. The molecular formula is C18H28N2O. The van der Waals surface area contributed by atoms with Crippen molar-refractivity contribution in [1.82, 2.24) is 10.6 Å². The van der Waals surface area contributed by atoms with E-state index in [9.17, 15) is 4.79 Å². The van der Waals surface area contributed by atoms with Gasteiger partial charge in [0.15, 0.2) is 0 Å². The molecule has 3 heteroatoms. The number of nitrogens with one attached hydrogen (secondary N) is 2. The van der Waals surface area contributed by atoms with Crippen molar-refractivity contribution in [3.63, 3.8) is 0 Å². The fourth-order valence-corrected chi connectivity index (χ4v) is 3.05. The van der Waals surface area contributed by atoms with Crippen LogP contribution in [-0.4, -0.2) is 25.5 Å². The second-order valence-electron chi connectivity index (χ2n) is 6.35. The molecule has 3 nitrogen and oxygen atoms in total. The molecule has 1 heterocycles. The number of hydrogen-bond acceptors (Lipinski definition) is 2. The Labute approximate surface area is 128 Å². The molecule has 2 N–H and O–H groups in total. The third kappa shape index (κ3) is 5.50. The van der Waals surface area contributed by atoms with Crippen LogP contribution >= 0.6 is 0 Å². The summed E-state index contributed by atoms with van der Waals surface area (Å²) in [5, 5.41) is 6.44. The van der Waals surface area contributed by atoms with Crippen LogP contribution in [0.2, 0.25) is 0 Å². The van der Waals surface area contributed by atoms with Crippen LogP contribution in [0.15, 0.2) is 24.3 Å². The van der Waals surface area contributed by atoms with Crippen LogP contribution in [0.4, 0.5) is 0 Å². The summed E-state index contributed by atoms with van der Waals surface area (Å²) < 4.78 is 0. The Hall–Kier alpha value is -1.35. The SMILES string of the molecule is Cc1ccc(CCNC(=O)CC(C)C2CCNCC2)cc1. The Morgan fingerprint density at radius 2 is 1.95 bits per heavy atom. The number of piperidine rings is 1. The van der Waals surface area contributed by atoms with Crippen LogP contribution in [-0.2, 0) is 11.2 Å². The molecule has 1 unspecified atom stereocenters. The van der Waals surface area contributed by atoms with E-state index in [0.29, 0.717) is 18.3 Å². The molecule has 1 amide bonds. The predicted octanol–water partition coefficient (Wildman–Crippen LogP) is 2.68. The fourth-order valence-electron chi connectivity index (χ4n) is 3.05. The highest BCUT2D eigenvalue weighted by molar-refractivity contribution is 5.76. The van der Waals surface area contributed by atoms with Crippen LogP contribution in [0.25, 0.3) is 0 Å². The highest BCUT2D eigenvalue weighted by Crippen LogP contribution is 2.24. The van der Waals surface area contributed by atoms with Gasteiger partial charge in [0.1, 0.15) is 0 Å². The van der Waals surface area contributed by atoms with Gasteiger partial charge in [-0.2, -0.15) is 0 Å². The van der Waals surface area contributed by atoms with Gasteiger partial charge in [0, 0.05) is 13.0 Å². The summed E-state index contributed by atoms with van der Waals surface area (Å²) in [7, 11) is 0. The lowest BCUT2D eigenvalue weighted by Gasteiger charge is -2.27. The van der Waals surface area contributed by atoms with Crippen molar-refractivity contribution in [2.45, 2.75) is 39.5 Å². The van der Waals surface area contributed by atoms with Crippen molar-refractivity contribution in [2.75, 3.05) is 19.6 Å². The zero-order valence-electron chi connectivity index (χ0n) is 13.3. The number of rotatable bonds is 6. The molecule has 0 saturated carbocycles. The second kappa shape index (κ2) is 8.18. The molecule has 1 fully saturated rings. The van der Waals surface area contributed by atoms with Gasteiger partial charge < -0.3 is 10.6 Å². The molecule has 1 atom stereocenters. The van der Waals surface area contributed by atoms with Crippen LogP contribution in [0.5, 0.6) is 0 Å². The minimum absolute atomic E-state index is 0.202. The van der Waals surface area contributed by atoms with Gasteiger partial charge >= 0.3 is 0 Å². The van der Waals surface area contributed by atoms with Gasteiger partial charge in [0.25, 0.3) is 0 Å². The van der Waals surface area contributed by atoms with E-state index in [-0.39, 0.29) is 5.91 Å². The van der Waals surface area contributed by atoms with E-state index in [1.165, 1.54) is 24.0 Å². The van der Waals surface area contributed by atoms with Crippen molar-refractivity contribution >= 4 is 5.91 Å². The van der Waals surface area contributed by atoms with Gasteiger partial charge in [-0.15, -0.1) is 0 Å². The summed E-state index contributed by atoms with van der Waals surface area (Å²) in [6.07, 6.45) is 3.99. The van der Waals surface area contributed by atoms with Crippen molar-refractivity contribution in [3.05, 3.63) is 35.4 Å². The molecule has 2 rings (SSSR count). The van der Waals surface area contributed by atoms with E-state index in [0.717, 1.165) is 26.1 Å². The van der Waals surface area contributed by atoms with Gasteiger partial charge in [-0.1, -0.05) is 36.8 Å². The van der Waals surface area contributed by atoms with Crippen molar-refractivity contribution in [2.24, 2.45) is 11.8 Å². The minimum Gasteiger partial charge on any atom is -0.356 e. The van der Waals surface area contributed by atoms with E-state index in [1.54, 1.807) is 0 Å². The molecule has 0 aromatic heterocycles. The van der Waals surface area contributed by atoms with Gasteiger partial charge in [-0.3, -0.25) is 4.79 Å². The van der Waals surface area contributed by atoms with E-state index in [1.807, 2.05) is 0 Å². The van der Waals surface area contributed by atoms with E-state index >= 15 is 0 Å². The maximum absolute atomic E-state index is 12.0. The highest BCUT2D eigenvalue weighted by Gasteiger charge is 2.21. The molecule has 0 bridgehead atoms. The maximum Gasteiger partial charge on any atom is 0.220 e. The summed E-state index contributed by atoms with van der Waals surface area (Å²) in [5.41, 5.74) is 2.56. The number of hydrogen-bond donors (Lipinski definition) is 2. The fraction of sp³-hybridized carbons (Fsp3) is 0.611. The Balaban J connectivity index is 1.65. The van der Waals surface area contributed by atoms with Crippen molar-refractivity contribution < 1.29 is 4.79 Å². The number of carbonyl (C=O) groups excluding carboxylic acids is 1. The third-order valence-electron chi connectivity index (χ3n) is 4.55. The van der Waals surface area contributed by atoms with Crippen LogP contribution in [0, 0.1) is 18.8 Å². The first-order chi connectivity index (χ1) is 10.1. The first-order valence-electron chi connectivity index (χ1n) is 8.18. The average molecular weight is 288 g/mol. The largest absolute Gasteiger partial charge is 0.356 e. The lowest BCUT2D eigenvalue weighted by Crippen LogP contribution is -2.34. The van der Waals surface area contributed by atoms with Crippen LogP contribution in [0.1, 0.15) is 37.3 Å². The molecule has 0 radical (unpaired) electrons. The summed E-state index contributed by atoms with van der Waals surface area (Å²) in [5.74, 6) is 1.40. The first kappa shape index (κ1) is 16.0. The van der Waals surface area contributed by atoms with Crippen LogP contribution in [0.3, 0.4) is 0 Å². The molecular weight excluding hydrogens is 260 g/mol. The highest BCUT2D eigenvalue weighted by atomic mass is 16.1. The topological polar surface area (TPSA) is 41.1 Å². The van der Waals surface area contributed by atoms with Gasteiger partial charge in [-0.25, -0.2) is 0 Å². The van der Waals surface area contributed by atoms with E-state index in [4.69, 9.17) is 0 Å². The monoisotopic (exact) mass is 288 g/mol. The molecule has 116 valence electrons. The molecule has 0 spiro atoms. The molecule has 1 aromatic rings. The zero-order valence-corrected chi connectivity index (χ0v) is 13.3. The lowest BCUT2D eigenvalue weighted by molar-refractivity contribution is -0.122. The summed E-state index contributed by atoms with van der Waals surface area (Å²) >= 11 is 0. The summed E-state index contributed by atoms with van der Waals surface area (Å²) in [6, 6.07) is 8.52. The molecule has 1 saturated heterocycles. The van der Waals surface area contributed by atoms with Gasteiger partial charge in [-0.05, 0) is 56.7 Å². The Bertz CT molecular complexity index is 435. The van der Waals surface area contributed by atoms with Gasteiger partial charge in [0.05, 0.1) is 0 Å². The first-order valence-corrected chi connectivity index (χ1v) is 8.18. The average Bonchev–Trinajstić information content (AvgIpc) is 2.50. The lowest BCUT2D eigenvalue weighted by atomic mass is 9.84. The predicted molar refractivity (Wildman–Crippen MR) is 87.3 cm³/mol. The number of amides is 1. The minimum atomic E-state index is 0.202. The summed E-state index contributed by atoms with van der Waals surface area (Å²) in [6.45, 7) is 7.25. The molecule has 21 heavy (non-hydrogen) atoms. The smallest absolute Gasteiger partial charge is 0.220 e. The number of aryl methyl sites for hydroxylation is 1. The normalized spacial score (nSPS) is 17.4. The van der Waals surface area contributed by atoms with Crippen molar-refractivity contribution in [3.8, 4) is 0 Å². The number of benzene rings is 1. The van der Waals surface area contributed by atoms with Gasteiger partial charge in [0.2, 0.25) is 5.91 Å². The Morgan fingerprint density at radius 3 is 2.62 bits per heavy atom. The second-order valence-corrected chi connectivity index (χ2v) is 6.35. The number of carbonyl (C=O) groups is 1. The molecule has 0 aliphatic carbocycles. The standard InChI is InChI=1S/C18H28N2O/c1-14-3-5-16(6-4-14)7-12-20-18(21)13-15(2)17-8-10-19-11-9-17/h3-6,15,17,19H,7-13H2,1-2H3,(H,20,21). The molecule has 1 aliphatic heterocycles. The quantitative estimate of drug-likeness (QED) is 0.845. The van der Waals surface area contributed by atoms with Crippen molar-refractivity contribution in [1.29, 1.82) is 0 Å². The molecule has 1 aromatic carbocycles. The Morgan fingerprint density at radius 1 is 1.29 bits per heavy atom. The zero-order chi connectivity index (χ0) is 15.1. The molecule has 1 aliphatic rings. The third-order valence-corrected chi connectivity index (χ3v) is 4.55.